The van der Waals surface area contributed by atoms with Crippen molar-refractivity contribution in [2.24, 2.45) is 5.92 Å². The normalized spacial score (nSPS) is 11.8. The molecule has 1 aromatic carbocycles. The summed E-state index contributed by atoms with van der Waals surface area (Å²) in [5.74, 6) is -1.05. The van der Waals surface area contributed by atoms with Crippen molar-refractivity contribution in [2.45, 2.75) is 90.9 Å². The summed E-state index contributed by atoms with van der Waals surface area (Å²) in [6, 6.07) is 5.06. The first-order chi connectivity index (χ1) is 14.0. The van der Waals surface area contributed by atoms with Gasteiger partial charge in [-0.1, -0.05) is 77.2 Å². The molecule has 1 aromatic rings. The van der Waals surface area contributed by atoms with Gasteiger partial charge in [-0.3, -0.25) is 9.59 Å². The van der Waals surface area contributed by atoms with E-state index >= 15 is 0 Å². The van der Waals surface area contributed by atoms with Crippen molar-refractivity contribution in [3.8, 4) is 5.75 Å². The minimum absolute atomic E-state index is 0.0275. The van der Waals surface area contributed by atoms with Gasteiger partial charge in [0.25, 0.3) is 0 Å². The van der Waals surface area contributed by atoms with Crippen molar-refractivity contribution in [1.29, 1.82) is 0 Å². The van der Waals surface area contributed by atoms with Crippen LogP contribution in [0.15, 0.2) is 18.2 Å². The van der Waals surface area contributed by atoms with Crippen molar-refractivity contribution in [2.75, 3.05) is 12.4 Å². The maximum Gasteiger partial charge on any atom is 0.306 e. The largest absolute Gasteiger partial charge is 0.506 e. The Labute approximate surface area is 176 Å². The van der Waals surface area contributed by atoms with Crippen molar-refractivity contribution < 1.29 is 19.4 Å². The Morgan fingerprint density at radius 2 is 1.59 bits per heavy atom. The van der Waals surface area contributed by atoms with Gasteiger partial charge < -0.3 is 15.2 Å². The Kier molecular flexibility index (Phi) is 12.8. The monoisotopic (exact) mass is 405 g/mol. The Bertz CT molecular complexity index is 615. The van der Waals surface area contributed by atoms with Gasteiger partial charge in [-0.25, -0.2) is 0 Å². The first kappa shape index (κ1) is 25.0. The number of phenols is 1. The predicted octanol–water partition coefficient (Wildman–Crippen LogP) is 6.13. The molecule has 0 saturated carbocycles. The third kappa shape index (κ3) is 10.9. The van der Waals surface area contributed by atoms with Crippen LogP contribution >= 0.6 is 0 Å². The van der Waals surface area contributed by atoms with E-state index in [1.807, 2.05) is 6.92 Å². The lowest BCUT2D eigenvalue weighted by molar-refractivity contribution is -0.143. The van der Waals surface area contributed by atoms with Crippen LogP contribution in [0.2, 0.25) is 0 Å². The molecule has 0 saturated heterocycles. The molecule has 1 rings (SSSR count). The van der Waals surface area contributed by atoms with E-state index in [2.05, 4.69) is 12.2 Å². The summed E-state index contributed by atoms with van der Waals surface area (Å²) in [6.45, 7) is 4.13. The number of rotatable bonds is 15. The molecule has 0 spiro atoms. The molecule has 0 radical (unpaired) electrons. The van der Waals surface area contributed by atoms with Crippen molar-refractivity contribution in [3.63, 3.8) is 0 Å². The first-order valence-corrected chi connectivity index (χ1v) is 11.1. The SMILES string of the molecule is CCCCCCCCCCCCC(CC(=O)OC)C(=O)Nc1cc(C)ccc1O. The molecular weight excluding hydrogens is 366 g/mol. The average Bonchev–Trinajstić information content (AvgIpc) is 2.70. The minimum Gasteiger partial charge on any atom is -0.506 e. The number of methoxy groups -OCH3 is 1. The number of unbranched alkanes of at least 4 members (excludes halogenated alkanes) is 9. The average molecular weight is 406 g/mol. The van der Waals surface area contributed by atoms with Crippen LogP contribution in [0.3, 0.4) is 0 Å². The molecule has 0 aliphatic rings. The summed E-state index contributed by atoms with van der Waals surface area (Å²) in [4.78, 5) is 24.4. The number of hydrogen-bond donors (Lipinski definition) is 2. The van der Waals surface area contributed by atoms with Crippen LogP contribution in [0.25, 0.3) is 0 Å². The van der Waals surface area contributed by atoms with Crippen molar-refractivity contribution >= 4 is 17.6 Å². The van der Waals surface area contributed by atoms with Crippen LogP contribution in [-0.2, 0) is 14.3 Å². The molecule has 164 valence electrons. The molecule has 0 aliphatic heterocycles. The highest BCUT2D eigenvalue weighted by molar-refractivity contribution is 5.95. The summed E-state index contributed by atoms with van der Waals surface area (Å²) < 4.78 is 4.76. The molecule has 0 aliphatic carbocycles. The van der Waals surface area contributed by atoms with Crippen LogP contribution in [0.4, 0.5) is 5.69 Å². The molecule has 1 unspecified atom stereocenters. The van der Waals surface area contributed by atoms with Gasteiger partial charge in [0.1, 0.15) is 5.75 Å². The lowest BCUT2D eigenvalue weighted by atomic mass is 9.95. The van der Waals surface area contributed by atoms with Gasteiger partial charge in [0.05, 0.1) is 19.2 Å². The zero-order chi connectivity index (χ0) is 21.5. The molecule has 0 aromatic heterocycles. The molecule has 2 N–H and O–H groups in total. The van der Waals surface area contributed by atoms with Gasteiger partial charge in [0, 0.05) is 5.92 Å². The van der Waals surface area contributed by atoms with Crippen LogP contribution in [-0.4, -0.2) is 24.1 Å². The predicted molar refractivity (Wildman–Crippen MR) is 118 cm³/mol. The fourth-order valence-corrected chi connectivity index (χ4v) is 3.47. The third-order valence-electron chi connectivity index (χ3n) is 5.33. The van der Waals surface area contributed by atoms with Gasteiger partial charge in [0.2, 0.25) is 5.91 Å². The van der Waals surface area contributed by atoms with Gasteiger partial charge in [-0.15, -0.1) is 0 Å². The van der Waals surface area contributed by atoms with E-state index in [-0.39, 0.29) is 24.0 Å². The van der Waals surface area contributed by atoms with Crippen LogP contribution in [0, 0.1) is 12.8 Å². The summed E-state index contributed by atoms with van der Waals surface area (Å²) in [5.41, 5.74) is 1.32. The quantitative estimate of drug-likeness (QED) is 0.209. The van der Waals surface area contributed by atoms with E-state index in [1.54, 1.807) is 18.2 Å². The lowest BCUT2D eigenvalue weighted by Crippen LogP contribution is -2.26. The number of aryl methyl sites for hydroxylation is 1. The number of carbonyl (C=O) groups is 2. The van der Waals surface area contributed by atoms with Gasteiger partial charge in [-0.2, -0.15) is 0 Å². The van der Waals surface area contributed by atoms with Crippen molar-refractivity contribution in [1.82, 2.24) is 0 Å². The second-order valence-corrected chi connectivity index (χ2v) is 7.96. The number of anilines is 1. The molecule has 0 heterocycles. The number of aromatic hydroxyl groups is 1. The zero-order valence-corrected chi connectivity index (χ0v) is 18.5. The Balaban J connectivity index is 2.40. The number of phenolic OH excluding ortho intramolecular Hbond substituents is 1. The number of ether oxygens (including phenoxy) is 1. The molecule has 0 bridgehead atoms. The zero-order valence-electron chi connectivity index (χ0n) is 18.5. The highest BCUT2D eigenvalue weighted by Crippen LogP contribution is 2.26. The number of esters is 1. The number of amides is 1. The summed E-state index contributed by atoms with van der Waals surface area (Å²) in [5, 5.41) is 12.7. The smallest absolute Gasteiger partial charge is 0.306 e. The van der Waals surface area contributed by atoms with Gasteiger partial charge in [-0.05, 0) is 31.0 Å². The summed E-state index contributed by atoms with van der Waals surface area (Å²) >= 11 is 0. The minimum atomic E-state index is -0.448. The third-order valence-corrected chi connectivity index (χ3v) is 5.33. The highest BCUT2D eigenvalue weighted by Gasteiger charge is 2.23. The van der Waals surface area contributed by atoms with E-state index in [4.69, 9.17) is 4.74 Å². The summed E-state index contributed by atoms with van der Waals surface area (Å²) in [7, 11) is 1.34. The van der Waals surface area contributed by atoms with Crippen LogP contribution in [0.5, 0.6) is 5.75 Å². The second-order valence-electron chi connectivity index (χ2n) is 7.96. The molecule has 1 atom stereocenters. The Hall–Kier alpha value is -2.04. The van der Waals surface area contributed by atoms with E-state index in [1.165, 1.54) is 58.5 Å². The molecule has 1 amide bonds. The van der Waals surface area contributed by atoms with Crippen molar-refractivity contribution in [3.05, 3.63) is 23.8 Å². The molecule has 5 nitrogen and oxygen atoms in total. The first-order valence-electron chi connectivity index (χ1n) is 11.1. The topological polar surface area (TPSA) is 75.6 Å². The molecule has 29 heavy (non-hydrogen) atoms. The van der Waals surface area contributed by atoms with Gasteiger partial charge in [0.15, 0.2) is 0 Å². The Morgan fingerprint density at radius 3 is 2.17 bits per heavy atom. The number of carbonyl (C=O) groups excluding carboxylic acids is 2. The second kappa shape index (κ2) is 14.9. The highest BCUT2D eigenvalue weighted by atomic mass is 16.5. The number of nitrogens with one attached hydrogen (secondary N) is 1. The Morgan fingerprint density at radius 1 is 1.00 bits per heavy atom. The lowest BCUT2D eigenvalue weighted by Gasteiger charge is -2.16. The van der Waals surface area contributed by atoms with E-state index < -0.39 is 5.92 Å². The van der Waals surface area contributed by atoms with E-state index in [0.29, 0.717) is 12.1 Å². The van der Waals surface area contributed by atoms with E-state index in [0.717, 1.165) is 18.4 Å². The standard InChI is InChI=1S/C24H39NO4/c1-4-5-6-7-8-9-10-11-12-13-14-20(18-23(27)29-3)24(28)25-21-17-19(2)15-16-22(21)26/h15-17,20,26H,4-14,18H2,1-3H3,(H,25,28). The van der Waals surface area contributed by atoms with Crippen LogP contribution < -0.4 is 5.32 Å². The fraction of sp³-hybridized carbons (Fsp3) is 0.667. The maximum absolute atomic E-state index is 12.7. The molecule has 5 heteroatoms. The summed E-state index contributed by atoms with van der Waals surface area (Å²) in [6.07, 6.45) is 13.0. The number of benzene rings is 1. The molecule has 0 fully saturated rings. The number of hydrogen-bond acceptors (Lipinski definition) is 4. The van der Waals surface area contributed by atoms with Gasteiger partial charge >= 0.3 is 5.97 Å². The maximum atomic E-state index is 12.7. The van der Waals surface area contributed by atoms with E-state index in [9.17, 15) is 14.7 Å². The fourth-order valence-electron chi connectivity index (χ4n) is 3.47. The van der Waals surface area contributed by atoms with Crippen LogP contribution in [0.1, 0.15) is 89.5 Å². The molecular formula is C24H39NO4.